The average Bonchev–Trinajstić information content (AvgIpc) is 2.64. The molecular weight excluding hydrogens is 388 g/mol. The van der Waals surface area contributed by atoms with Crippen LogP contribution in [0.2, 0.25) is 0 Å². The lowest BCUT2D eigenvalue weighted by molar-refractivity contribution is -0.143. The van der Waals surface area contributed by atoms with Crippen LogP contribution < -0.4 is 14.4 Å². The zero-order chi connectivity index (χ0) is 20.7. The van der Waals surface area contributed by atoms with Gasteiger partial charge in [-0.25, -0.2) is 0 Å². The van der Waals surface area contributed by atoms with Crippen LogP contribution in [0.5, 0.6) is 11.5 Å². The summed E-state index contributed by atoms with van der Waals surface area (Å²) in [5.41, 5.74) is -1.10. The Morgan fingerprint density at radius 2 is 1.25 bits per heavy atom. The molecule has 0 spiro atoms. The second-order valence-corrected chi connectivity index (χ2v) is 6.41. The highest BCUT2D eigenvalue weighted by Gasteiger charge is 2.37. The van der Waals surface area contributed by atoms with E-state index in [0.29, 0.717) is 17.9 Å². The standard InChI is InChI=1S/C19H17F6NO2/c1-27-16-5-11-3-4-26(10-12(11)6-17(16)28-2)15-8-13(18(20,21)22)7-14(9-15)19(23,24)25/h5-9H,3-4,10H2,1-2H3. The molecule has 152 valence electrons. The molecule has 9 heteroatoms. The minimum atomic E-state index is -4.87. The summed E-state index contributed by atoms with van der Waals surface area (Å²) in [5, 5.41) is 0. The fourth-order valence-electron chi connectivity index (χ4n) is 3.22. The third kappa shape index (κ3) is 3.98. The Bertz CT molecular complexity index is 844. The first kappa shape index (κ1) is 20.2. The third-order valence-corrected chi connectivity index (χ3v) is 4.66. The number of alkyl halides is 6. The van der Waals surface area contributed by atoms with Crippen molar-refractivity contribution in [2.24, 2.45) is 0 Å². The Labute approximate surface area is 157 Å². The number of rotatable bonds is 3. The van der Waals surface area contributed by atoms with Crippen molar-refractivity contribution < 1.29 is 35.8 Å². The zero-order valence-electron chi connectivity index (χ0n) is 15.0. The average molecular weight is 405 g/mol. The molecule has 3 rings (SSSR count). The van der Waals surface area contributed by atoms with Gasteiger partial charge in [0.1, 0.15) is 0 Å². The van der Waals surface area contributed by atoms with Crippen molar-refractivity contribution >= 4 is 5.69 Å². The van der Waals surface area contributed by atoms with Gasteiger partial charge in [0.05, 0.1) is 25.3 Å². The lowest BCUT2D eigenvalue weighted by Crippen LogP contribution is -2.31. The molecule has 0 amide bonds. The molecule has 28 heavy (non-hydrogen) atoms. The quantitative estimate of drug-likeness (QED) is 0.647. The maximum absolute atomic E-state index is 13.1. The van der Waals surface area contributed by atoms with Crippen molar-refractivity contribution in [2.75, 3.05) is 25.7 Å². The van der Waals surface area contributed by atoms with Gasteiger partial charge in [0.2, 0.25) is 0 Å². The fraction of sp³-hybridized carbons (Fsp3) is 0.368. The molecular formula is C19H17F6NO2. The van der Waals surface area contributed by atoms with Gasteiger partial charge in [-0.15, -0.1) is 0 Å². The number of hydrogen-bond acceptors (Lipinski definition) is 3. The number of methoxy groups -OCH3 is 2. The molecule has 1 heterocycles. The zero-order valence-corrected chi connectivity index (χ0v) is 15.0. The number of ether oxygens (including phenoxy) is 2. The molecule has 0 fully saturated rings. The second-order valence-electron chi connectivity index (χ2n) is 6.41. The van der Waals surface area contributed by atoms with E-state index in [0.717, 1.165) is 23.3 Å². The summed E-state index contributed by atoms with van der Waals surface area (Å²) in [5.74, 6) is 0.969. The van der Waals surface area contributed by atoms with E-state index >= 15 is 0 Å². The van der Waals surface area contributed by atoms with Gasteiger partial charge >= 0.3 is 12.4 Å². The maximum atomic E-state index is 13.1. The van der Waals surface area contributed by atoms with E-state index in [-0.39, 0.29) is 24.8 Å². The van der Waals surface area contributed by atoms with Crippen molar-refractivity contribution in [3.05, 3.63) is 52.6 Å². The molecule has 3 nitrogen and oxygen atoms in total. The van der Waals surface area contributed by atoms with Crippen LogP contribution in [0.25, 0.3) is 0 Å². The molecule has 0 radical (unpaired) electrons. The van der Waals surface area contributed by atoms with E-state index in [4.69, 9.17) is 9.47 Å². The predicted molar refractivity (Wildman–Crippen MR) is 90.7 cm³/mol. The summed E-state index contributed by atoms with van der Waals surface area (Å²) in [7, 11) is 2.94. The molecule has 0 N–H and O–H groups in total. The van der Waals surface area contributed by atoms with Crippen LogP contribution in [0, 0.1) is 0 Å². The maximum Gasteiger partial charge on any atom is 0.416 e. The van der Waals surface area contributed by atoms with Crippen molar-refractivity contribution in [1.82, 2.24) is 0 Å². The Morgan fingerprint density at radius 3 is 1.71 bits per heavy atom. The van der Waals surface area contributed by atoms with Crippen molar-refractivity contribution in [3.63, 3.8) is 0 Å². The van der Waals surface area contributed by atoms with Crippen LogP contribution in [0.4, 0.5) is 32.0 Å². The SMILES string of the molecule is COc1cc2c(cc1OC)CN(c1cc(C(F)(F)F)cc(C(F)(F)F)c1)CC2. The summed E-state index contributed by atoms with van der Waals surface area (Å²) in [4.78, 5) is 1.50. The van der Waals surface area contributed by atoms with Crippen LogP contribution in [0.15, 0.2) is 30.3 Å². The van der Waals surface area contributed by atoms with Gasteiger partial charge in [0.15, 0.2) is 11.5 Å². The molecule has 0 aliphatic carbocycles. The molecule has 2 aromatic rings. The number of halogens is 6. The number of benzene rings is 2. The monoisotopic (exact) mass is 405 g/mol. The van der Waals surface area contributed by atoms with Crippen LogP contribution in [-0.2, 0) is 25.3 Å². The van der Waals surface area contributed by atoms with E-state index in [2.05, 4.69) is 0 Å². The van der Waals surface area contributed by atoms with Crippen LogP contribution in [0.3, 0.4) is 0 Å². The van der Waals surface area contributed by atoms with E-state index < -0.39 is 23.5 Å². The van der Waals surface area contributed by atoms with Crippen molar-refractivity contribution in [3.8, 4) is 11.5 Å². The Kier molecular flexibility index (Phi) is 5.12. The highest BCUT2D eigenvalue weighted by atomic mass is 19.4. The molecule has 0 saturated carbocycles. The minimum absolute atomic E-state index is 0.123. The number of fused-ring (bicyclic) bond motifs is 1. The number of hydrogen-bond donors (Lipinski definition) is 0. The van der Waals surface area contributed by atoms with Crippen LogP contribution in [-0.4, -0.2) is 20.8 Å². The molecule has 2 aromatic carbocycles. The van der Waals surface area contributed by atoms with Gasteiger partial charge in [0.25, 0.3) is 0 Å². The van der Waals surface area contributed by atoms with Gasteiger partial charge in [-0.05, 0) is 47.9 Å². The molecule has 0 saturated heterocycles. The lowest BCUT2D eigenvalue weighted by atomic mass is 9.97. The highest BCUT2D eigenvalue weighted by Crippen LogP contribution is 2.40. The lowest BCUT2D eigenvalue weighted by Gasteiger charge is -2.32. The van der Waals surface area contributed by atoms with Gasteiger partial charge < -0.3 is 14.4 Å². The third-order valence-electron chi connectivity index (χ3n) is 4.66. The molecule has 0 atom stereocenters. The summed E-state index contributed by atoms with van der Waals surface area (Å²) < 4.78 is 89.1. The molecule has 0 aromatic heterocycles. The van der Waals surface area contributed by atoms with Crippen LogP contribution in [0.1, 0.15) is 22.3 Å². The fourth-order valence-corrected chi connectivity index (χ4v) is 3.22. The number of nitrogens with zero attached hydrogens (tertiary/aromatic N) is 1. The van der Waals surface area contributed by atoms with E-state index in [1.54, 1.807) is 12.1 Å². The highest BCUT2D eigenvalue weighted by molar-refractivity contribution is 5.56. The van der Waals surface area contributed by atoms with Gasteiger partial charge in [-0.1, -0.05) is 0 Å². The number of anilines is 1. The van der Waals surface area contributed by atoms with Gasteiger partial charge in [-0.2, -0.15) is 26.3 Å². The Balaban J connectivity index is 2.01. The summed E-state index contributed by atoms with van der Waals surface area (Å²) >= 11 is 0. The first-order valence-corrected chi connectivity index (χ1v) is 8.31. The van der Waals surface area contributed by atoms with Crippen molar-refractivity contribution in [2.45, 2.75) is 25.3 Å². The van der Waals surface area contributed by atoms with Gasteiger partial charge in [0, 0.05) is 18.8 Å². The predicted octanol–water partition coefficient (Wildman–Crippen LogP) is 5.30. The first-order valence-electron chi connectivity index (χ1n) is 8.31. The van der Waals surface area contributed by atoms with Crippen molar-refractivity contribution in [1.29, 1.82) is 0 Å². The van der Waals surface area contributed by atoms with E-state index in [1.807, 2.05) is 0 Å². The molecule has 1 aliphatic heterocycles. The minimum Gasteiger partial charge on any atom is -0.493 e. The van der Waals surface area contributed by atoms with Gasteiger partial charge in [-0.3, -0.25) is 0 Å². The smallest absolute Gasteiger partial charge is 0.416 e. The van der Waals surface area contributed by atoms with Crippen LogP contribution >= 0.6 is 0 Å². The molecule has 0 unspecified atom stereocenters. The normalized spacial score (nSPS) is 14.6. The molecule has 0 bridgehead atoms. The summed E-state index contributed by atoms with van der Waals surface area (Å²) in [6, 6.07) is 5.11. The largest absolute Gasteiger partial charge is 0.493 e. The Hall–Kier alpha value is -2.58. The molecule has 1 aliphatic rings. The summed E-state index contributed by atoms with van der Waals surface area (Å²) in [6.07, 6.45) is -9.30. The topological polar surface area (TPSA) is 21.7 Å². The second kappa shape index (κ2) is 7.10. The van der Waals surface area contributed by atoms with E-state index in [9.17, 15) is 26.3 Å². The first-order chi connectivity index (χ1) is 13.0. The van der Waals surface area contributed by atoms with E-state index in [1.165, 1.54) is 19.1 Å². The Morgan fingerprint density at radius 1 is 0.750 bits per heavy atom. The summed E-state index contributed by atoms with van der Waals surface area (Å²) in [6.45, 7) is 0.440.